The first-order valence-electron chi connectivity index (χ1n) is 1.44. The van der Waals surface area contributed by atoms with Gasteiger partial charge in [0.1, 0.15) is 7.62 Å². The molecule has 29 valence electrons. The summed E-state index contributed by atoms with van der Waals surface area (Å²) in [5.41, 5.74) is 0. The smallest absolute Gasteiger partial charge is 0.144 e. The maximum absolute atomic E-state index is 5.58. The Morgan fingerprint density at radius 1 is 1.80 bits per heavy atom. The molecule has 0 saturated carbocycles. The van der Waals surface area contributed by atoms with E-state index >= 15 is 0 Å². The van der Waals surface area contributed by atoms with Crippen LogP contribution >= 0.6 is 11.1 Å². The quantitative estimate of drug-likeness (QED) is 0.360. The monoisotopic (exact) mass is 121 g/mol. The van der Waals surface area contributed by atoms with Crippen molar-refractivity contribution in [2.75, 3.05) is 0 Å². The van der Waals surface area contributed by atoms with Crippen LogP contribution in [0.4, 0.5) is 0 Å². The molecule has 0 aromatic heterocycles. The minimum absolute atomic E-state index is 0.374. The van der Waals surface area contributed by atoms with E-state index in [1.165, 1.54) is 0 Å². The van der Waals surface area contributed by atoms with Crippen LogP contribution in [0.25, 0.3) is 0 Å². The summed E-state index contributed by atoms with van der Waals surface area (Å²) in [6, 6.07) is 0. The fraction of sp³-hybridized carbons (Fsp3) is 1.00. The highest BCUT2D eigenvalue weighted by molar-refractivity contribution is 7.36. The zero-order chi connectivity index (χ0) is 4.28. The standard InChI is InChI=1S/C2H6ClSi2/c1-4-5(2)3/h1-2H3. The van der Waals surface area contributed by atoms with Gasteiger partial charge in [-0.05, 0) is 0 Å². The second-order valence-corrected chi connectivity index (χ2v) is 8.75. The number of rotatable bonds is 1. The van der Waals surface area contributed by atoms with Gasteiger partial charge in [0, 0.05) is 9.04 Å². The molecule has 0 amide bonds. The summed E-state index contributed by atoms with van der Waals surface area (Å²) in [5, 5.41) is 0. The Balaban J connectivity index is 2.54. The molecule has 0 fully saturated rings. The van der Waals surface area contributed by atoms with Crippen molar-refractivity contribution in [1.29, 1.82) is 0 Å². The molecule has 0 aliphatic heterocycles. The lowest BCUT2D eigenvalue weighted by Gasteiger charge is -1.81. The van der Waals surface area contributed by atoms with Crippen LogP contribution in [-0.4, -0.2) is 16.7 Å². The Hall–Kier alpha value is 0.724. The molecule has 0 spiro atoms. The first kappa shape index (κ1) is 5.72. The van der Waals surface area contributed by atoms with Crippen molar-refractivity contribution in [3.05, 3.63) is 0 Å². The number of hydrogen-bond acceptors (Lipinski definition) is 0. The average molecular weight is 122 g/mol. The van der Waals surface area contributed by atoms with E-state index in [-0.39, 0.29) is 7.62 Å². The molecule has 0 aromatic rings. The van der Waals surface area contributed by atoms with Gasteiger partial charge in [0.05, 0.1) is 0 Å². The highest BCUT2D eigenvalue weighted by Crippen LogP contribution is 1.80. The second-order valence-electron chi connectivity index (χ2n) is 0.783. The van der Waals surface area contributed by atoms with Crippen molar-refractivity contribution in [1.82, 2.24) is 0 Å². The van der Waals surface area contributed by atoms with E-state index in [9.17, 15) is 0 Å². The summed E-state index contributed by atoms with van der Waals surface area (Å²) in [5.74, 6) is 0. The van der Waals surface area contributed by atoms with Gasteiger partial charge in [0.15, 0.2) is 0 Å². The summed E-state index contributed by atoms with van der Waals surface area (Å²) in [4.78, 5) is 0. The Bertz CT molecular complexity index is 21.6. The number of hydrogen-bond donors (Lipinski definition) is 0. The van der Waals surface area contributed by atoms with Crippen molar-refractivity contribution in [2.24, 2.45) is 0 Å². The maximum Gasteiger partial charge on any atom is 0.144 e. The lowest BCUT2D eigenvalue weighted by Crippen LogP contribution is -2.03. The summed E-state index contributed by atoms with van der Waals surface area (Å²) in [6.45, 7) is 4.24. The third kappa shape index (κ3) is 4.72. The highest BCUT2D eigenvalue weighted by atomic mass is 35.6. The largest absolute Gasteiger partial charge is 0.174 e. The van der Waals surface area contributed by atoms with Gasteiger partial charge in [0.25, 0.3) is 0 Å². The van der Waals surface area contributed by atoms with Crippen LogP contribution in [0.5, 0.6) is 0 Å². The molecule has 0 atom stereocenters. The summed E-state index contributed by atoms with van der Waals surface area (Å²) in [6.07, 6.45) is 0. The molecule has 0 rings (SSSR count). The fourth-order valence-electron chi connectivity index (χ4n) is 0. The third-order valence-electron chi connectivity index (χ3n) is 0.344. The summed E-state index contributed by atoms with van der Waals surface area (Å²) < 4.78 is 0. The molecule has 0 aliphatic carbocycles. The minimum Gasteiger partial charge on any atom is -0.174 e. The Labute approximate surface area is 41.5 Å². The Morgan fingerprint density at radius 3 is 2.00 bits per heavy atom. The van der Waals surface area contributed by atoms with E-state index in [1.807, 2.05) is 0 Å². The van der Waals surface area contributed by atoms with Gasteiger partial charge in [-0.15, -0.1) is 0 Å². The molecule has 0 heterocycles. The molecule has 3 radical (unpaired) electrons. The van der Waals surface area contributed by atoms with Gasteiger partial charge in [-0.1, -0.05) is 13.1 Å². The SMILES string of the molecule is C[Si][Si](C)Cl. The van der Waals surface area contributed by atoms with E-state index in [2.05, 4.69) is 13.1 Å². The van der Waals surface area contributed by atoms with Crippen LogP contribution < -0.4 is 0 Å². The molecule has 0 saturated heterocycles. The molecule has 0 N–H and O–H groups in total. The normalized spacial score (nSPS) is 9.60. The molecule has 3 heteroatoms. The van der Waals surface area contributed by atoms with Crippen LogP contribution in [0.15, 0.2) is 0 Å². The zero-order valence-corrected chi connectivity index (χ0v) is 6.13. The first-order chi connectivity index (χ1) is 2.27. The van der Waals surface area contributed by atoms with Crippen LogP contribution in [0.1, 0.15) is 0 Å². The molecule has 0 nitrogen and oxygen atoms in total. The summed E-state index contributed by atoms with van der Waals surface area (Å²) >= 11 is 5.58. The Kier molecular flexibility index (Phi) is 3.36. The maximum atomic E-state index is 5.58. The first-order valence-corrected chi connectivity index (χ1v) is 6.95. The second kappa shape index (κ2) is 2.94. The predicted octanol–water partition coefficient (Wildman–Crippen LogP) is 1.10. The Morgan fingerprint density at radius 2 is 2.00 bits per heavy atom. The van der Waals surface area contributed by atoms with Crippen LogP contribution in [0.2, 0.25) is 13.1 Å². The van der Waals surface area contributed by atoms with Gasteiger partial charge >= 0.3 is 0 Å². The number of halogens is 1. The summed E-state index contributed by atoms with van der Waals surface area (Å²) in [7, 11) is 0.608. The van der Waals surface area contributed by atoms with Crippen LogP contribution in [0.3, 0.4) is 0 Å². The molecule has 0 aliphatic rings. The van der Waals surface area contributed by atoms with Gasteiger partial charge in [-0.2, -0.15) is 11.1 Å². The van der Waals surface area contributed by atoms with Gasteiger partial charge < -0.3 is 0 Å². The fourth-order valence-corrected chi connectivity index (χ4v) is 0. The minimum atomic E-state index is -0.374. The van der Waals surface area contributed by atoms with Gasteiger partial charge in [0.2, 0.25) is 0 Å². The van der Waals surface area contributed by atoms with E-state index in [1.54, 1.807) is 0 Å². The van der Waals surface area contributed by atoms with Crippen molar-refractivity contribution in [3.8, 4) is 0 Å². The van der Waals surface area contributed by atoms with E-state index in [0.29, 0.717) is 0 Å². The lowest BCUT2D eigenvalue weighted by molar-refractivity contribution is 2.27. The van der Waals surface area contributed by atoms with Gasteiger partial charge in [-0.25, -0.2) is 0 Å². The van der Waals surface area contributed by atoms with Crippen molar-refractivity contribution < 1.29 is 0 Å². The molecule has 0 bridgehead atoms. The molecule has 0 aromatic carbocycles. The lowest BCUT2D eigenvalue weighted by atomic mass is 11.9. The molecular weight excluding hydrogens is 116 g/mol. The van der Waals surface area contributed by atoms with E-state index in [4.69, 9.17) is 11.1 Å². The van der Waals surface area contributed by atoms with Crippen molar-refractivity contribution >= 4 is 27.7 Å². The van der Waals surface area contributed by atoms with Gasteiger partial charge in [-0.3, -0.25) is 0 Å². The van der Waals surface area contributed by atoms with E-state index < -0.39 is 0 Å². The molecular formula is C2H6ClSi2. The van der Waals surface area contributed by atoms with E-state index in [0.717, 1.165) is 9.04 Å². The predicted molar refractivity (Wildman–Crippen MR) is 29.1 cm³/mol. The third-order valence-corrected chi connectivity index (χ3v) is 4.80. The zero-order valence-electron chi connectivity index (χ0n) is 3.38. The van der Waals surface area contributed by atoms with Crippen LogP contribution in [-0.2, 0) is 0 Å². The molecule has 5 heavy (non-hydrogen) atoms. The highest BCUT2D eigenvalue weighted by Gasteiger charge is 1.89. The van der Waals surface area contributed by atoms with Crippen molar-refractivity contribution in [3.63, 3.8) is 0 Å². The van der Waals surface area contributed by atoms with Crippen LogP contribution in [0, 0.1) is 0 Å². The van der Waals surface area contributed by atoms with Crippen molar-refractivity contribution in [2.45, 2.75) is 13.1 Å². The topological polar surface area (TPSA) is 0 Å². The molecule has 0 unspecified atom stereocenters. The average Bonchev–Trinajstić information content (AvgIpc) is 1.38.